The van der Waals surface area contributed by atoms with Crippen LogP contribution in [0.5, 0.6) is 0 Å². The molecule has 1 fully saturated rings. The maximum Gasteiger partial charge on any atom is 0.240 e. The first-order chi connectivity index (χ1) is 10.1. The van der Waals surface area contributed by atoms with E-state index in [4.69, 9.17) is 0 Å². The lowest BCUT2D eigenvalue weighted by molar-refractivity contribution is -0.135. The lowest BCUT2D eigenvalue weighted by Crippen LogP contribution is -2.50. The van der Waals surface area contributed by atoms with Gasteiger partial charge in [0.25, 0.3) is 0 Å². The summed E-state index contributed by atoms with van der Waals surface area (Å²) in [4.78, 5) is 33.1. The van der Waals surface area contributed by atoms with Crippen LogP contribution in [0.3, 0.4) is 0 Å². The first-order valence-corrected chi connectivity index (χ1v) is 8.18. The highest BCUT2D eigenvalue weighted by Crippen LogP contribution is 2.29. The molecule has 1 N–H and O–H groups in total. The summed E-state index contributed by atoms with van der Waals surface area (Å²) >= 11 is 1.59. The number of fused-ring (bicyclic) bond motifs is 1. The number of anilines is 1. The average molecular weight is 308 g/mol. The Bertz CT molecular complexity index is 534. The van der Waals surface area contributed by atoms with Gasteiger partial charge >= 0.3 is 0 Å². The molecule has 0 atom stereocenters. The third-order valence-electron chi connectivity index (χ3n) is 4.00. The number of rotatable bonds is 3. The zero-order chi connectivity index (χ0) is 14.8. The zero-order valence-electron chi connectivity index (χ0n) is 12.2. The number of aromatic nitrogens is 1. The van der Waals surface area contributed by atoms with E-state index in [1.54, 1.807) is 23.3 Å². The van der Waals surface area contributed by atoms with Crippen molar-refractivity contribution in [3.63, 3.8) is 0 Å². The Labute approximate surface area is 128 Å². The number of piperazine rings is 1. The molecule has 1 aliphatic heterocycles. The third kappa shape index (κ3) is 3.41. The summed E-state index contributed by atoms with van der Waals surface area (Å²) in [5.41, 5.74) is 1.15. The van der Waals surface area contributed by atoms with Gasteiger partial charge in [-0.1, -0.05) is 0 Å². The molecule has 2 amide bonds. The van der Waals surface area contributed by atoms with E-state index in [0.717, 1.165) is 25.1 Å². The van der Waals surface area contributed by atoms with E-state index in [1.165, 1.54) is 17.7 Å². The van der Waals surface area contributed by atoms with Crippen LogP contribution in [0, 0.1) is 0 Å². The van der Waals surface area contributed by atoms with Crippen molar-refractivity contribution in [3.8, 4) is 0 Å². The van der Waals surface area contributed by atoms with Gasteiger partial charge in [-0.05, 0) is 25.7 Å². The second kappa shape index (κ2) is 6.11. The molecule has 1 aliphatic carbocycles. The molecular formula is C14H20N4O2S. The molecule has 3 rings (SSSR count). The Hall–Kier alpha value is -1.47. The van der Waals surface area contributed by atoms with Crippen molar-refractivity contribution in [1.29, 1.82) is 0 Å². The molecule has 2 aliphatic rings. The summed E-state index contributed by atoms with van der Waals surface area (Å²) in [6.45, 7) is 1.99. The van der Waals surface area contributed by atoms with E-state index < -0.39 is 0 Å². The molecule has 0 unspecified atom stereocenters. The van der Waals surface area contributed by atoms with E-state index in [2.05, 4.69) is 10.3 Å². The quantitative estimate of drug-likeness (QED) is 0.894. The van der Waals surface area contributed by atoms with E-state index in [0.29, 0.717) is 18.2 Å². The number of likely N-dealkylation sites (N-methyl/N-ethyl adjacent to an activating group) is 1. The Kier molecular flexibility index (Phi) is 4.21. The lowest BCUT2D eigenvalue weighted by atomic mass is 10.0. The van der Waals surface area contributed by atoms with Crippen LogP contribution in [-0.4, -0.2) is 59.8 Å². The summed E-state index contributed by atoms with van der Waals surface area (Å²) < 4.78 is 0. The number of nitrogens with zero attached hydrogens (tertiary/aromatic N) is 3. The van der Waals surface area contributed by atoms with Gasteiger partial charge in [0.05, 0.1) is 18.8 Å². The standard InChI is InChI=1S/C14H20N4O2S/c1-17-6-7-18(9-13(17)20)8-12(19)16-14-15-10-4-2-3-5-11(10)21-14/h2-9H2,1H3,(H,15,16,19). The molecule has 0 aromatic carbocycles. The molecule has 0 spiro atoms. The van der Waals surface area contributed by atoms with Crippen LogP contribution in [0.4, 0.5) is 5.13 Å². The normalized spacial score (nSPS) is 19.5. The third-order valence-corrected chi connectivity index (χ3v) is 5.07. The monoisotopic (exact) mass is 308 g/mol. The number of thiazole rings is 1. The molecule has 1 saturated heterocycles. The average Bonchev–Trinajstić information content (AvgIpc) is 2.84. The fraction of sp³-hybridized carbons (Fsp3) is 0.643. The van der Waals surface area contributed by atoms with E-state index in [1.807, 2.05) is 4.90 Å². The maximum atomic E-state index is 12.1. The minimum atomic E-state index is -0.0848. The van der Waals surface area contributed by atoms with Crippen LogP contribution in [0.15, 0.2) is 0 Å². The SMILES string of the molecule is CN1CCN(CC(=O)Nc2nc3c(s2)CCCC3)CC1=O. The fourth-order valence-electron chi connectivity index (χ4n) is 2.71. The number of hydrogen-bond acceptors (Lipinski definition) is 5. The summed E-state index contributed by atoms with van der Waals surface area (Å²) in [5.74, 6) is -0.0165. The highest BCUT2D eigenvalue weighted by molar-refractivity contribution is 7.15. The Morgan fingerprint density at radius 2 is 2.14 bits per heavy atom. The Morgan fingerprint density at radius 3 is 2.90 bits per heavy atom. The fourth-order valence-corrected chi connectivity index (χ4v) is 3.78. The molecule has 1 aromatic heterocycles. The minimum absolute atomic E-state index is 0.0683. The van der Waals surface area contributed by atoms with Gasteiger partial charge in [0.2, 0.25) is 11.8 Å². The second-order valence-corrected chi connectivity index (χ2v) is 6.75. The largest absolute Gasteiger partial charge is 0.343 e. The maximum absolute atomic E-state index is 12.1. The predicted molar refractivity (Wildman–Crippen MR) is 81.5 cm³/mol. The van der Waals surface area contributed by atoms with Crippen molar-refractivity contribution < 1.29 is 9.59 Å². The van der Waals surface area contributed by atoms with Crippen molar-refractivity contribution in [1.82, 2.24) is 14.8 Å². The predicted octanol–water partition coefficient (Wildman–Crippen LogP) is 0.734. The van der Waals surface area contributed by atoms with Crippen LogP contribution >= 0.6 is 11.3 Å². The molecule has 7 heteroatoms. The lowest BCUT2D eigenvalue weighted by Gasteiger charge is -2.31. The number of hydrogen-bond donors (Lipinski definition) is 1. The van der Waals surface area contributed by atoms with Crippen LogP contribution in [0.1, 0.15) is 23.4 Å². The van der Waals surface area contributed by atoms with Gasteiger partial charge in [-0.25, -0.2) is 4.98 Å². The zero-order valence-corrected chi connectivity index (χ0v) is 13.0. The van der Waals surface area contributed by atoms with Crippen molar-refractivity contribution in [3.05, 3.63) is 10.6 Å². The van der Waals surface area contributed by atoms with Gasteiger partial charge in [-0.3, -0.25) is 14.5 Å². The summed E-state index contributed by atoms with van der Waals surface area (Å²) in [6.07, 6.45) is 4.50. The first-order valence-electron chi connectivity index (χ1n) is 7.36. The van der Waals surface area contributed by atoms with Gasteiger partial charge in [-0.2, -0.15) is 0 Å². The molecular weight excluding hydrogens is 288 g/mol. The number of nitrogens with one attached hydrogen (secondary N) is 1. The number of amides is 2. The summed E-state index contributed by atoms with van der Waals surface area (Å²) in [5, 5.41) is 3.58. The number of carbonyl (C=O) groups excluding carboxylic acids is 2. The van der Waals surface area contributed by atoms with E-state index in [-0.39, 0.29) is 18.4 Å². The number of carbonyl (C=O) groups is 2. The minimum Gasteiger partial charge on any atom is -0.343 e. The van der Waals surface area contributed by atoms with Crippen LogP contribution in [-0.2, 0) is 22.4 Å². The molecule has 0 bridgehead atoms. The van der Waals surface area contributed by atoms with Crippen molar-refractivity contribution in [2.24, 2.45) is 0 Å². The van der Waals surface area contributed by atoms with Crippen LogP contribution in [0.2, 0.25) is 0 Å². The van der Waals surface area contributed by atoms with Crippen LogP contribution < -0.4 is 5.32 Å². The highest BCUT2D eigenvalue weighted by atomic mass is 32.1. The Morgan fingerprint density at radius 1 is 1.33 bits per heavy atom. The topological polar surface area (TPSA) is 65.5 Å². The Balaban J connectivity index is 1.54. The van der Waals surface area contributed by atoms with Gasteiger partial charge in [0, 0.05) is 25.0 Å². The summed E-state index contributed by atoms with van der Waals surface area (Å²) in [6, 6.07) is 0. The second-order valence-electron chi connectivity index (χ2n) is 5.67. The molecule has 2 heterocycles. The van der Waals surface area contributed by atoms with Crippen molar-refractivity contribution in [2.45, 2.75) is 25.7 Å². The molecule has 1 aromatic rings. The van der Waals surface area contributed by atoms with Gasteiger partial charge in [-0.15, -0.1) is 11.3 Å². The molecule has 6 nitrogen and oxygen atoms in total. The summed E-state index contributed by atoms with van der Waals surface area (Å²) in [7, 11) is 1.79. The highest BCUT2D eigenvalue weighted by Gasteiger charge is 2.23. The van der Waals surface area contributed by atoms with Crippen LogP contribution in [0.25, 0.3) is 0 Å². The molecule has 0 saturated carbocycles. The van der Waals surface area contributed by atoms with Gasteiger partial charge in [0.1, 0.15) is 0 Å². The van der Waals surface area contributed by atoms with E-state index >= 15 is 0 Å². The van der Waals surface area contributed by atoms with Gasteiger partial charge in [0.15, 0.2) is 5.13 Å². The molecule has 0 radical (unpaired) electrons. The first kappa shape index (κ1) is 14.5. The van der Waals surface area contributed by atoms with Crippen molar-refractivity contribution in [2.75, 3.05) is 38.5 Å². The molecule has 114 valence electrons. The smallest absolute Gasteiger partial charge is 0.240 e. The number of aryl methyl sites for hydroxylation is 2. The molecule has 21 heavy (non-hydrogen) atoms. The van der Waals surface area contributed by atoms with E-state index in [9.17, 15) is 9.59 Å². The van der Waals surface area contributed by atoms with Gasteiger partial charge < -0.3 is 10.2 Å². The van der Waals surface area contributed by atoms with Crippen molar-refractivity contribution >= 4 is 28.3 Å².